The Labute approximate surface area is 116 Å². The van der Waals surface area contributed by atoms with Gasteiger partial charge >= 0.3 is 0 Å². The number of amides is 1. The molecule has 0 aliphatic rings. The molecule has 0 aliphatic carbocycles. The average Bonchev–Trinajstić information content (AvgIpc) is 2.45. The van der Waals surface area contributed by atoms with Crippen LogP contribution in [0.25, 0.3) is 0 Å². The van der Waals surface area contributed by atoms with Gasteiger partial charge in [-0.25, -0.2) is 0 Å². The van der Waals surface area contributed by atoms with Crippen LogP contribution >= 0.6 is 0 Å². The summed E-state index contributed by atoms with van der Waals surface area (Å²) in [4.78, 5) is 12.0. The maximum atomic E-state index is 12.0. The number of carbonyl (C=O) groups is 1. The van der Waals surface area contributed by atoms with Crippen LogP contribution in [0, 0.1) is 5.92 Å². The SMILES string of the molecule is CCc1ccc(C(C)NC(=O)C(N)C(C)CC)cc1. The highest BCUT2D eigenvalue weighted by Gasteiger charge is 2.21. The molecule has 0 spiro atoms. The summed E-state index contributed by atoms with van der Waals surface area (Å²) in [6.45, 7) is 8.17. The highest BCUT2D eigenvalue weighted by atomic mass is 16.2. The molecule has 1 rings (SSSR count). The number of benzene rings is 1. The first kappa shape index (κ1) is 15.7. The van der Waals surface area contributed by atoms with Crippen LogP contribution in [0.15, 0.2) is 24.3 Å². The van der Waals surface area contributed by atoms with Crippen molar-refractivity contribution in [3.8, 4) is 0 Å². The van der Waals surface area contributed by atoms with Crippen LogP contribution in [0.1, 0.15) is 51.3 Å². The molecule has 1 amide bonds. The fourth-order valence-electron chi connectivity index (χ4n) is 1.95. The van der Waals surface area contributed by atoms with Gasteiger partial charge in [0.2, 0.25) is 5.91 Å². The van der Waals surface area contributed by atoms with E-state index in [1.54, 1.807) is 0 Å². The minimum absolute atomic E-state index is 0.00601. The standard InChI is InChI=1S/C16H26N2O/c1-5-11(3)15(17)16(19)18-12(4)14-9-7-13(6-2)8-10-14/h7-12,15H,5-6,17H2,1-4H3,(H,18,19). The minimum atomic E-state index is -0.428. The Kier molecular flexibility index (Phi) is 6.03. The molecule has 0 aliphatic heterocycles. The number of nitrogens with two attached hydrogens (primary N) is 1. The predicted molar refractivity (Wildman–Crippen MR) is 79.8 cm³/mol. The molecule has 3 atom stereocenters. The third kappa shape index (κ3) is 4.35. The maximum absolute atomic E-state index is 12.0. The summed E-state index contributed by atoms with van der Waals surface area (Å²) in [6.07, 6.45) is 1.94. The molecule has 106 valence electrons. The summed E-state index contributed by atoms with van der Waals surface area (Å²) in [5.41, 5.74) is 8.35. The fraction of sp³-hybridized carbons (Fsp3) is 0.562. The molecule has 0 fully saturated rings. The lowest BCUT2D eigenvalue weighted by Crippen LogP contribution is -2.45. The van der Waals surface area contributed by atoms with Crippen molar-refractivity contribution in [3.63, 3.8) is 0 Å². The van der Waals surface area contributed by atoms with Gasteiger partial charge in [0, 0.05) is 0 Å². The van der Waals surface area contributed by atoms with Gasteiger partial charge in [0.05, 0.1) is 12.1 Å². The normalized spacial score (nSPS) is 15.6. The van der Waals surface area contributed by atoms with Gasteiger partial charge in [-0.3, -0.25) is 4.79 Å². The van der Waals surface area contributed by atoms with Crippen molar-refractivity contribution >= 4 is 5.91 Å². The number of carbonyl (C=O) groups excluding carboxylic acids is 1. The van der Waals surface area contributed by atoms with E-state index in [2.05, 4.69) is 36.5 Å². The Hall–Kier alpha value is -1.35. The second-order valence-corrected chi connectivity index (χ2v) is 5.24. The summed E-state index contributed by atoms with van der Waals surface area (Å²) in [7, 11) is 0. The van der Waals surface area contributed by atoms with Gasteiger partial charge in [0.1, 0.15) is 0 Å². The third-order valence-corrected chi connectivity index (χ3v) is 3.81. The van der Waals surface area contributed by atoms with E-state index in [9.17, 15) is 4.79 Å². The van der Waals surface area contributed by atoms with Crippen molar-refractivity contribution < 1.29 is 4.79 Å². The van der Waals surface area contributed by atoms with Crippen molar-refractivity contribution in [2.45, 2.75) is 52.6 Å². The fourth-order valence-corrected chi connectivity index (χ4v) is 1.95. The molecule has 3 heteroatoms. The molecule has 1 aromatic rings. The summed E-state index contributed by atoms with van der Waals surface area (Å²) in [6, 6.07) is 7.91. The molecule has 0 radical (unpaired) electrons. The lowest BCUT2D eigenvalue weighted by molar-refractivity contribution is -0.124. The first-order chi connectivity index (χ1) is 8.99. The molecule has 3 N–H and O–H groups in total. The summed E-state index contributed by atoms with van der Waals surface area (Å²) >= 11 is 0. The Balaban J connectivity index is 2.63. The highest BCUT2D eigenvalue weighted by molar-refractivity contribution is 5.82. The van der Waals surface area contributed by atoms with Gasteiger partial charge in [0.15, 0.2) is 0 Å². The van der Waals surface area contributed by atoms with Crippen LogP contribution in [0.5, 0.6) is 0 Å². The average molecular weight is 262 g/mol. The van der Waals surface area contributed by atoms with Crippen molar-refractivity contribution in [1.29, 1.82) is 0 Å². The van der Waals surface area contributed by atoms with E-state index in [4.69, 9.17) is 5.73 Å². The third-order valence-electron chi connectivity index (χ3n) is 3.81. The molecule has 3 nitrogen and oxygen atoms in total. The Morgan fingerprint density at radius 2 is 1.79 bits per heavy atom. The zero-order valence-electron chi connectivity index (χ0n) is 12.4. The molecule has 0 aromatic heterocycles. The lowest BCUT2D eigenvalue weighted by Gasteiger charge is -2.21. The van der Waals surface area contributed by atoms with E-state index in [0.29, 0.717) is 0 Å². The topological polar surface area (TPSA) is 55.1 Å². The largest absolute Gasteiger partial charge is 0.348 e. The van der Waals surface area contributed by atoms with Gasteiger partial charge in [-0.05, 0) is 30.4 Å². The quantitative estimate of drug-likeness (QED) is 0.828. The van der Waals surface area contributed by atoms with Crippen LogP contribution < -0.4 is 11.1 Å². The van der Waals surface area contributed by atoms with E-state index in [1.807, 2.05) is 20.8 Å². The molecule has 19 heavy (non-hydrogen) atoms. The van der Waals surface area contributed by atoms with Crippen molar-refractivity contribution in [2.24, 2.45) is 11.7 Å². The van der Waals surface area contributed by atoms with Gasteiger partial charge in [-0.2, -0.15) is 0 Å². The van der Waals surface area contributed by atoms with Crippen LogP contribution in [-0.2, 0) is 11.2 Å². The Morgan fingerprint density at radius 3 is 2.26 bits per heavy atom. The van der Waals surface area contributed by atoms with Crippen molar-refractivity contribution in [1.82, 2.24) is 5.32 Å². The van der Waals surface area contributed by atoms with Crippen molar-refractivity contribution in [2.75, 3.05) is 0 Å². The van der Waals surface area contributed by atoms with E-state index >= 15 is 0 Å². The van der Waals surface area contributed by atoms with Gasteiger partial charge in [-0.15, -0.1) is 0 Å². The summed E-state index contributed by atoms with van der Waals surface area (Å²) in [5, 5.41) is 2.98. The van der Waals surface area contributed by atoms with E-state index in [0.717, 1.165) is 18.4 Å². The van der Waals surface area contributed by atoms with Crippen LogP contribution in [0.2, 0.25) is 0 Å². The lowest BCUT2D eigenvalue weighted by atomic mass is 9.98. The van der Waals surface area contributed by atoms with Crippen LogP contribution in [0.4, 0.5) is 0 Å². The number of hydrogen-bond acceptors (Lipinski definition) is 2. The minimum Gasteiger partial charge on any atom is -0.348 e. The molecule has 1 aromatic carbocycles. The molecule has 0 saturated carbocycles. The van der Waals surface area contributed by atoms with Crippen molar-refractivity contribution in [3.05, 3.63) is 35.4 Å². The molecule has 3 unspecified atom stereocenters. The molecule has 0 heterocycles. The number of rotatable bonds is 6. The maximum Gasteiger partial charge on any atom is 0.237 e. The Bertz CT molecular complexity index is 400. The molecular formula is C16H26N2O. The summed E-state index contributed by atoms with van der Waals surface area (Å²) < 4.78 is 0. The first-order valence-corrected chi connectivity index (χ1v) is 7.14. The van der Waals surface area contributed by atoms with Crippen LogP contribution in [-0.4, -0.2) is 11.9 Å². The number of hydrogen-bond donors (Lipinski definition) is 2. The second kappa shape index (κ2) is 7.29. The monoisotopic (exact) mass is 262 g/mol. The zero-order valence-corrected chi connectivity index (χ0v) is 12.4. The van der Waals surface area contributed by atoms with E-state index in [1.165, 1.54) is 5.56 Å². The highest BCUT2D eigenvalue weighted by Crippen LogP contribution is 2.15. The molecular weight excluding hydrogens is 236 g/mol. The first-order valence-electron chi connectivity index (χ1n) is 7.14. The smallest absolute Gasteiger partial charge is 0.237 e. The number of nitrogens with one attached hydrogen (secondary N) is 1. The van der Waals surface area contributed by atoms with Gasteiger partial charge < -0.3 is 11.1 Å². The van der Waals surface area contributed by atoms with E-state index in [-0.39, 0.29) is 17.9 Å². The molecule has 0 bridgehead atoms. The summed E-state index contributed by atoms with van der Waals surface area (Å²) in [5.74, 6) is 0.135. The van der Waals surface area contributed by atoms with E-state index < -0.39 is 6.04 Å². The van der Waals surface area contributed by atoms with Gasteiger partial charge in [-0.1, -0.05) is 51.5 Å². The van der Waals surface area contributed by atoms with Crippen LogP contribution in [0.3, 0.4) is 0 Å². The predicted octanol–water partition coefficient (Wildman–Crippen LogP) is 2.80. The second-order valence-electron chi connectivity index (χ2n) is 5.24. The van der Waals surface area contributed by atoms with Gasteiger partial charge in [0.25, 0.3) is 0 Å². The molecule has 0 saturated heterocycles. The zero-order chi connectivity index (χ0) is 14.4. The number of aryl methyl sites for hydroxylation is 1. The Morgan fingerprint density at radius 1 is 1.21 bits per heavy atom.